The number of ether oxygens (including phenoxy) is 2. The fourth-order valence-corrected chi connectivity index (χ4v) is 5.47. The SMILES string of the molecule is CCc1cnc2c(OC)cc(C(=O)NCC(O)(c3cc4c(c(-c5ccc(F)cc5)n3)OC[C@]4(C)C(=O)NCC(C)(C)O)C(F)(F)F)cc2c1. The molecule has 5 rings (SSSR count). The Labute approximate surface area is 279 Å². The molecular weight excluding hydrogens is 648 g/mol. The summed E-state index contributed by atoms with van der Waals surface area (Å²) in [6.45, 7) is 4.45. The number of hydrogen-bond acceptors (Lipinski definition) is 8. The van der Waals surface area contributed by atoms with Crippen LogP contribution in [0.4, 0.5) is 17.6 Å². The van der Waals surface area contributed by atoms with Crippen LogP contribution in [0.15, 0.2) is 54.7 Å². The van der Waals surface area contributed by atoms with Crippen molar-refractivity contribution in [2.24, 2.45) is 0 Å². The van der Waals surface area contributed by atoms with Crippen LogP contribution in [0.2, 0.25) is 0 Å². The van der Waals surface area contributed by atoms with Gasteiger partial charge in [-0.25, -0.2) is 9.37 Å². The fraction of sp³-hybridized carbons (Fsp3) is 0.371. The van der Waals surface area contributed by atoms with Gasteiger partial charge in [-0.3, -0.25) is 14.6 Å². The van der Waals surface area contributed by atoms with Crippen molar-refractivity contribution in [1.29, 1.82) is 0 Å². The van der Waals surface area contributed by atoms with Gasteiger partial charge in [0.05, 0.1) is 24.9 Å². The third kappa shape index (κ3) is 6.88. The average molecular weight is 685 g/mol. The van der Waals surface area contributed by atoms with Gasteiger partial charge in [0.2, 0.25) is 11.5 Å². The number of rotatable bonds is 10. The van der Waals surface area contributed by atoms with Gasteiger partial charge in [0.1, 0.15) is 40.5 Å². The fourth-order valence-electron chi connectivity index (χ4n) is 5.47. The van der Waals surface area contributed by atoms with Crippen LogP contribution in [-0.2, 0) is 22.2 Å². The van der Waals surface area contributed by atoms with E-state index in [4.69, 9.17) is 9.47 Å². The minimum absolute atomic E-state index is 0.0300. The third-order valence-electron chi connectivity index (χ3n) is 8.47. The highest BCUT2D eigenvalue weighted by atomic mass is 19.4. The standard InChI is InChI=1S/C35H36F4N4O6/c1-6-19-11-21-12-22(13-25(48-5)27(21)40-15-19)30(44)41-17-34(47,35(37,38)39)26-14-24-29(28(43-26)20-7-9-23(36)10-8-20)49-18-33(24,4)31(45)42-16-32(2,3)46/h7-15,46-47H,6,16-18H2,1-5H3,(H,41,44)(H,42,45)/t33-,34?/m0/s1. The molecule has 0 fully saturated rings. The number of hydrogen-bond donors (Lipinski definition) is 4. The molecule has 3 heterocycles. The van der Waals surface area contributed by atoms with E-state index in [2.05, 4.69) is 20.6 Å². The van der Waals surface area contributed by atoms with Gasteiger partial charge >= 0.3 is 6.18 Å². The number of carbonyl (C=O) groups is 2. The molecule has 0 bridgehead atoms. The van der Waals surface area contributed by atoms with E-state index in [1.54, 1.807) is 12.3 Å². The molecule has 4 N–H and O–H groups in total. The summed E-state index contributed by atoms with van der Waals surface area (Å²) in [6.07, 6.45) is -3.08. The Morgan fingerprint density at radius 3 is 2.35 bits per heavy atom. The third-order valence-corrected chi connectivity index (χ3v) is 8.47. The summed E-state index contributed by atoms with van der Waals surface area (Å²) in [5, 5.41) is 26.9. The van der Waals surface area contributed by atoms with E-state index in [0.717, 1.165) is 23.8 Å². The van der Waals surface area contributed by atoms with Gasteiger partial charge in [-0.2, -0.15) is 13.2 Å². The number of aliphatic hydroxyl groups is 2. The second-order valence-electron chi connectivity index (χ2n) is 12.8. The van der Waals surface area contributed by atoms with E-state index in [1.165, 1.54) is 52.1 Å². The Bertz CT molecular complexity index is 1910. The van der Waals surface area contributed by atoms with Gasteiger partial charge in [0.15, 0.2) is 0 Å². The summed E-state index contributed by atoms with van der Waals surface area (Å²) in [6, 6.07) is 10.2. The van der Waals surface area contributed by atoms with Crippen molar-refractivity contribution in [3.63, 3.8) is 0 Å². The molecule has 1 unspecified atom stereocenters. The zero-order valence-corrected chi connectivity index (χ0v) is 27.5. The predicted molar refractivity (Wildman–Crippen MR) is 172 cm³/mol. The summed E-state index contributed by atoms with van der Waals surface area (Å²) >= 11 is 0. The number of alkyl halides is 3. The molecule has 14 heteroatoms. The topological polar surface area (TPSA) is 143 Å². The molecule has 260 valence electrons. The van der Waals surface area contributed by atoms with Crippen LogP contribution in [0.5, 0.6) is 11.5 Å². The second-order valence-corrected chi connectivity index (χ2v) is 12.8. The predicted octanol–water partition coefficient (Wildman–Crippen LogP) is 4.72. The molecule has 0 spiro atoms. The van der Waals surface area contributed by atoms with Crippen LogP contribution in [0, 0.1) is 5.82 Å². The molecule has 2 atom stereocenters. The Morgan fingerprint density at radius 1 is 1.04 bits per heavy atom. The number of methoxy groups -OCH3 is 1. The van der Waals surface area contributed by atoms with Crippen molar-refractivity contribution in [2.75, 3.05) is 26.8 Å². The van der Waals surface area contributed by atoms with E-state index in [0.29, 0.717) is 17.3 Å². The maximum atomic E-state index is 14.9. The van der Waals surface area contributed by atoms with Crippen molar-refractivity contribution in [2.45, 2.75) is 56.9 Å². The lowest BCUT2D eigenvalue weighted by atomic mass is 9.81. The summed E-state index contributed by atoms with van der Waals surface area (Å²) in [5.41, 5.74) is -6.36. The number of aromatic nitrogens is 2. The van der Waals surface area contributed by atoms with E-state index >= 15 is 0 Å². The first-order valence-corrected chi connectivity index (χ1v) is 15.4. The second kappa shape index (κ2) is 12.9. The number of nitrogens with one attached hydrogen (secondary N) is 2. The molecule has 0 saturated heterocycles. The van der Waals surface area contributed by atoms with E-state index < -0.39 is 52.7 Å². The lowest BCUT2D eigenvalue weighted by Gasteiger charge is -2.32. The van der Waals surface area contributed by atoms with Crippen molar-refractivity contribution < 1.29 is 46.8 Å². The van der Waals surface area contributed by atoms with Gasteiger partial charge < -0.3 is 30.3 Å². The number of amides is 2. The molecule has 2 aromatic heterocycles. The van der Waals surface area contributed by atoms with E-state index in [-0.39, 0.29) is 47.0 Å². The average Bonchev–Trinajstić information content (AvgIpc) is 3.41. The van der Waals surface area contributed by atoms with E-state index in [1.807, 2.05) is 6.92 Å². The Hall–Kier alpha value is -4.82. The Morgan fingerprint density at radius 2 is 1.73 bits per heavy atom. The van der Waals surface area contributed by atoms with Crippen LogP contribution >= 0.6 is 0 Å². The van der Waals surface area contributed by atoms with Crippen LogP contribution in [-0.4, -0.2) is 70.6 Å². The first-order valence-electron chi connectivity index (χ1n) is 15.4. The first kappa shape index (κ1) is 35.5. The number of fused-ring (bicyclic) bond motifs is 2. The molecule has 1 aliphatic heterocycles. The normalized spacial score (nSPS) is 17.2. The first-order chi connectivity index (χ1) is 22.9. The van der Waals surface area contributed by atoms with Crippen LogP contribution in [0.3, 0.4) is 0 Å². The van der Waals surface area contributed by atoms with Gasteiger partial charge in [-0.1, -0.05) is 6.92 Å². The Balaban J connectivity index is 1.58. The van der Waals surface area contributed by atoms with Crippen LogP contribution in [0.1, 0.15) is 54.9 Å². The number of carbonyl (C=O) groups excluding carboxylic acids is 2. The van der Waals surface area contributed by atoms with Gasteiger partial charge in [0, 0.05) is 34.8 Å². The summed E-state index contributed by atoms with van der Waals surface area (Å²) < 4.78 is 69.9. The quantitative estimate of drug-likeness (QED) is 0.176. The van der Waals surface area contributed by atoms with Crippen LogP contribution < -0.4 is 20.1 Å². The minimum atomic E-state index is -5.39. The lowest BCUT2D eigenvalue weighted by molar-refractivity contribution is -0.265. The van der Waals surface area contributed by atoms with Crippen LogP contribution in [0.25, 0.3) is 22.2 Å². The number of benzene rings is 2. The number of aryl methyl sites for hydroxylation is 1. The molecule has 0 aliphatic carbocycles. The Kier molecular flexibility index (Phi) is 9.34. The van der Waals surface area contributed by atoms with Gasteiger partial charge in [0.25, 0.3) is 5.91 Å². The minimum Gasteiger partial charge on any atom is -0.494 e. The smallest absolute Gasteiger partial charge is 0.424 e. The lowest BCUT2D eigenvalue weighted by Crippen LogP contribution is -2.52. The molecule has 2 aromatic carbocycles. The van der Waals surface area contributed by atoms with Gasteiger partial charge in [-0.15, -0.1) is 0 Å². The maximum Gasteiger partial charge on any atom is 0.424 e. The molecule has 10 nitrogen and oxygen atoms in total. The zero-order chi connectivity index (χ0) is 35.9. The summed E-state index contributed by atoms with van der Waals surface area (Å²) in [4.78, 5) is 35.3. The van der Waals surface area contributed by atoms with Gasteiger partial charge in [-0.05, 0) is 81.3 Å². The molecule has 2 amide bonds. The maximum absolute atomic E-state index is 14.9. The molecule has 4 aromatic rings. The highest BCUT2D eigenvalue weighted by Crippen LogP contribution is 2.48. The van der Waals surface area contributed by atoms with E-state index in [9.17, 15) is 37.4 Å². The van der Waals surface area contributed by atoms with Crippen molar-refractivity contribution >= 4 is 22.7 Å². The number of halogens is 4. The molecule has 1 aliphatic rings. The molecular formula is C35H36F4N4O6. The number of pyridine rings is 2. The highest BCUT2D eigenvalue weighted by Gasteiger charge is 2.58. The summed E-state index contributed by atoms with van der Waals surface area (Å²) in [7, 11) is 1.37. The largest absolute Gasteiger partial charge is 0.494 e. The van der Waals surface area contributed by atoms with Crippen molar-refractivity contribution in [3.05, 3.63) is 82.9 Å². The van der Waals surface area contributed by atoms with Crippen molar-refractivity contribution in [1.82, 2.24) is 20.6 Å². The molecule has 0 radical (unpaired) electrons. The molecule has 0 saturated carbocycles. The number of nitrogens with zero attached hydrogens (tertiary/aromatic N) is 2. The van der Waals surface area contributed by atoms with Crippen molar-refractivity contribution in [3.8, 4) is 22.8 Å². The highest BCUT2D eigenvalue weighted by molar-refractivity contribution is 6.00. The zero-order valence-electron chi connectivity index (χ0n) is 27.5. The monoisotopic (exact) mass is 684 g/mol. The molecule has 49 heavy (non-hydrogen) atoms. The summed E-state index contributed by atoms with van der Waals surface area (Å²) in [5.74, 6) is -2.03.